The van der Waals surface area contributed by atoms with Crippen molar-refractivity contribution in [3.8, 4) is 11.5 Å². The first kappa shape index (κ1) is 23.1. The maximum absolute atomic E-state index is 12.8. The fourth-order valence-corrected chi connectivity index (χ4v) is 4.15. The Bertz CT molecular complexity index is 850. The predicted octanol–water partition coefficient (Wildman–Crippen LogP) is 5.21. The first-order valence-electron chi connectivity index (χ1n) is 11.5. The van der Waals surface area contributed by atoms with Crippen LogP contribution in [0.1, 0.15) is 68.1 Å². The third kappa shape index (κ3) is 6.47. The summed E-state index contributed by atoms with van der Waals surface area (Å²) in [6.45, 7) is 12.6. The zero-order valence-corrected chi connectivity index (χ0v) is 19.3. The van der Waals surface area contributed by atoms with Crippen LogP contribution in [0.2, 0.25) is 0 Å². The van der Waals surface area contributed by atoms with Gasteiger partial charge in [-0.3, -0.25) is 9.69 Å². The van der Waals surface area contributed by atoms with E-state index in [9.17, 15) is 4.79 Å². The van der Waals surface area contributed by atoms with Crippen molar-refractivity contribution in [2.24, 2.45) is 5.92 Å². The zero-order chi connectivity index (χ0) is 22.2. The van der Waals surface area contributed by atoms with Gasteiger partial charge in [0.15, 0.2) is 11.5 Å². The summed E-state index contributed by atoms with van der Waals surface area (Å²) in [6.07, 6.45) is 2.60. The number of rotatable bonds is 9. The standard InChI is InChI=1S/C26H36N2O3/c1-5-30-24-14-13-23(16-25(24)31-6-2)20(4)27-26(29)22-11-9-21(10-12-22)18-28-15-7-8-19(3)17-28/h9-14,16,19-20H,5-8,15,17-18H2,1-4H3,(H,27,29)/t19-,20-/m1/s1. The molecule has 168 valence electrons. The van der Waals surface area contributed by atoms with Gasteiger partial charge in [-0.25, -0.2) is 0 Å². The number of nitrogens with zero attached hydrogens (tertiary/aromatic N) is 1. The fourth-order valence-electron chi connectivity index (χ4n) is 4.15. The first-order valence-corrected chi connectivity index (χ1v) is 11.5. The van der Waals surface area contributed by atoms with Gasteiger partial charge in [0.2, 0.25) is 0 Å². The average molecular weight is 425 g/mol. The molecular weight excluding hydrogens is 388 g/mol. The topological polar surface area (TPSA) is 50.8 Å². The fraction of sp³-hybridized carbons (Fsp3) is 0.500. The molecule has 1 fully saturated rings. The van der Waals surface area contributed by atoms with Crippen molar-refractivity contribution in [1.82, 2.24) is 10.2 Å². The largest absolute Gasteiger partial charge is 0.490 e. The van der Waals surface area contributed by atoms with E-state index in [-0.39, 0.29) is 11.9 Å². The van der Waals surface area contributed by atoms with E-state index in [4.69, 9.17) is 9.47 Å². The van der Waals surface area contributed by atoms with Crippen LogP contribution >= 0.6 is 0 Å². The second-order valence-corrected chi connectivity index (χ2v) is 8.45. The van der Waals surface area contributed by atoms with Crippen LogP contribution in [0.25, 0.3) is 0 Å². The van der Waals surface area contributed by atoms with E-state index < -0.39 is 0 Å². The maximum Gasteiger partial charge on any atom is 0.251 e. The van der Waals surface area contributed by atoms with E-state index in [1.165, 1.54) is 18.4 Å². The van der Waals surface area contributed by atoms with Crippen molar-refractivity contribution in [1.29, 1.82) is 0 Å². The molecule has 0 unspecified atom stereocenters. The summed E-state index contributed by atoms with van der Waals surface area (Å²) in [6, 6.07) is 13.7. The van der Waals surface area contributed by atoms with Crippen LogP contribution in [-0.4, -0.2) is 37.1 Å². The lowest BCUT2D eigenvalue weighted by atomic mass is 9.99. The minimum Gasteiger partial charge on any atom is -0.490 e. The Labute approximate surface area is 186 Å². The summed E-state index contributed by atoms with van der Waals surface area (Å²) in [5.74, 6) is 2.13. The summed E-state index contributed by atoms with van der Waals surface area (Å²) < 4.78 is 11.3. The highest BCUT2D eigenvalue weighted by molar-refractivity contribution is 5.94. The van der Waals surface area contributed by atoms with E-state index in [1.807, 2.05) is 51.1 Å². The second kappa shape index (κ2) is 11.2. The third-order valence-electron chi connectivity index (χ3n) is 5.78. The molecule has 3 rings (SSSR count). The smallest absolute Gasteiger partial charge is 0.251 e. The molecule has 5 nitrogen and oxygen atoms in total. The van der Waals surface area contributed by atoms with Crippen LogP contribution in [0.15, 0.2) is 42.5 Å². The highest BCUT2D eigenvalue weighted by atomic mass is 16.5. The molecule has 1 heterocycles. The van der Waals surface area contributed by atoms with Crippen molar-refractivity contribution >= 4 is 5.91 Å². The second-order valence-electron chi connectivity index (χ2n) is 8.45. The number of hydrogen-bond acceptors (Lipinski definition) is 4. The maximum atomic E-state index is 12.8. The Hall–Kier alpha value is -2.53. The van der Waals surface area contributed by atoms with Gasteiger partial charge in [0.05, 0.1) is 19.3 Å². The third-order valence-corrected chi connectivity index (χ3v) is 5.78. The number of carbonyl (C=O) groups is 1. The molecule has 0 aromatic heterocycles. The van der Waals surface area contributed by atoms with Crippen LogP contribution in [-0.2, 0) is 6.54 Å². The number of carbonyl (C=O) groups excluding carboxylic acids is 1. The molecule has 1 N–H and O–H groups in total. The average Bonchev–Trinajstić information content (AvgIpc) is 2.75. The summed E-state index contributed by atoms with van der Waals surface area (Å²) in [5.41, 5.74) is 2.92. The monoisotopic (exact) mass is 424 g/mol. The molecule has 2 aromatic rings. The molecule has 0 spiro atoms. The number of piperidine rings is 1. The Morgan fingerprint density at radius 2 is 1.81 bits per heavy atom. The normalized spacial score (nSPS) is 17.7. The summed E-state index contributed by atoms with van der Waals surface area (Å²) >= 11 is 0. The lowest BCUT2D eigenvalue weighted by molar-refractivity contribution is 0.0939. The molecule has 0 bridgehead atoms. The number of nitrogens with one attached hydrogen (secondary N) is 1. The number of hydrogen-bond donors (Lipinski definition) is 1. The first-order chi connectivity index (χ1) is 15.0. The van der Waals surface area contributed by atoms with E-state index >= 15 is 0 Å². The summed E-state index contributed by atoms with van der Waals surface area (Å²) in [5, 5.41) is 3.09. The van der Waals surface area contributed by atoms with Crippen LogP contribution in [0.3, 0.4) is 0 Å². The van der Waals surface area contributed by atoms with Crippen LogP contribution in [0.4, 0.5) is 0 Å². The van der Waals surface area contributed by atoms with Gasteiger partial charge in [0.1, 0.15) is 0 Å². The van der Waals surface area contributed by atoms with E-state index in [2.05, 4.69) is 29.3 Å². The molecule has 2 atom stereocenters. The molecule has 2 aromatic carbocycles. The molecule has 0 radical (unpaired) electrons. The molecule has 0 saturated carbocycles. The SMILES string of the molecule is CCOc1ccc([C@@H](C)NC(=O)c2ccc(CN3CCC[C@@H](C)C3)cc2)cc1OCC. The molecule has 1 aliphatic heterocycles. The quantitative estimate of drug-likeness (QED) is 0.601. The van der Waals surface area contributed by atoms with Crippen molar-refractivity contribution in [2.75, 3.05) is 26.3 Å². The lowest BCUT2D eigenvalue weighted by Crippen LogP contribution is -2.33. The van der Waals surface area contributed by atoms with E-state index in [1.54, 1.807) is 0 Å². The Balaban J connectivity index is 1.61. The number of likely N-dealkylation sites (tertiary alicyclic amines) is 1. The van der Waals surface area contributed by atoms with Gasteiger partial charge in [0, 0.05) is 18.7 Å². The molecule has 1 amide bonds. The van der Waals surface area contributed by atoms with E-state index in [0.29, 0.717) is 24.5 Å². The van der Waals surface area contributed by atoms with Crippen molar-refractivity contribution < 1.29 is 14.3 Å². The Morgan fingerprint density at radius 1 is 1.10 bits per heavy atom. The summed E-state index contributed by atoms with van der Waals surface area (Å²) in [4.78, 5) is 15.3. The van der Waals surface area contributed by atoms with Crippen LogP contribution in [0, 0.1) is 5.92 Å². The molecule has 1 aliphatic rings. The minimum atomic E-state index is -0.142. The summed E-state index contributed by atoms with van der Waals surface area (Å²) in [7, 11) is 0. The Morgan fingerprint density at radius 3 is 2.48 bits per heavy atom. The molecule has 31 heavy (non-hydrogen) atoms. The molecule has 5 heteroatoms. The lowest BCUT2D eigenvalue weighted by Gasteiger charge is -2.30. The molecule has 1 saturated heterocycles. The number of ether oxygens (including phenoxy) is 2. The van der Waals surface area contributed by atoms with Crippen LogP contribution < -0.4 is 14.8 Å². The predicted molar refractivity (Wildman–Crippen MR) is 125 cm³/mol. The highest BCUT2D eigenvalue weighted by Crippen LogP contribution is 2.31. The van der Waals surface area contributed by atoms with E-state index in [0.717, 1.165) is 36.9 Å². The van der Waals surface area contributed by atoms with Crippen molar-refractivity contribution in [2.45, 2.75) is 53.1 Å². The van der Waals surface area contributed by atoms with Gasteiger partial charge in [-0.1, -0.05) is 25.1 Å². The Kier molecular flexibility index (Phi) is 8.35. The van der Waals surface area contributed by atoms with Gasteiger partial charge in [-0.2, -0.15) is 0 Å². The van der Waals surface area contributed by atoms with Gasteiger partial charge >= 0.3 is 0 Å². The minimum absolute atomic E-state index is 0.0718. The van der Waals surface area contributed by atoms with Crippen molar-refractivity contribution in [3.63, 3.8) is 0 Å². The zero-order valence-electron chi connectivity index (χ0n) is 19.3. The van der Waals surface area contributed by atoms with Crippen LogP contribution in [0.5, 0.6) is 11.5 Å². The molecular formula is C26H36N2O3. The number of amides is 1. The highest BCUT2D eigenvalue weighted by Gasteiger charge is 2.17. The van der Waals surface area contributed by atoms with Gasteiger partial charge in [-0.05, 0) is 81.5 Å². The van der Waals surface area contributed by atoms with Gasteiger partial charge in [-0.15, -0.1) is 0 Å². The van der Waals surface area contributed by atoms with Gasteiger partial charge < -0.3 is 14.8 Å². The van der Waals surface area contributed by atoms with Crippen molar-refractivity contribution in [3.05, 3.63) is 59.2 Å². The molecule has 0 aliphatic carbocycles. The van der Waals surface area contributed by atoms with Gasteiger partial charge in [0.25, 0.3) is 5.91 Å². The number of benzene rings is 2.